The largest absolute Gasteiger partial charge is 0.297 e. The van der Waals surface area contributed by atoms with Gasteiger partial charge in [-0.1, -0.05) is 19.3 Å². The predicted octanol–water partition coefficient (Wildman–Crippen LogP) is 3.75. The molecule has 2 heterocycles. The minimum Gasteiger partial charge on any atom is -0.297 e. The van der Waals surface area contributed by atoms with E-state index >= 15 is 0 Å². The minimum absolute atomic E-state index is 0.143. The standard InChI is InChI=1S/C15H18N2S/c1-4-6-13(5-2)17-11(3)12-9-15-14(16-10-12)7-8-18-15/h2,7-11,13,17H,4,6H2,1,3H3. The van der Waals surface area contributed by atoms with Crippen molar-refractivity contribution in [3.05, 3.63) is 29.3 Å². The molecule has 2 aromatic heterocycles. The average molecular weight is 258 g/mol. The first-order valence-electron chi connectivity index (χ1n) is 6.30. The van der Waals surface area contributed by atoms with Gasteiger partial charge in [-0.15, -0.1) is 17.8 Å². The zero-order valence-corrected chi connectivity index (χ0v) is 11.6. The Morgan fingerprint density at radius 2 is 2.39 bits per heavy atom. The van der Waals surface area contributed by atoms with Gasteiger partial charge < -0.3 is 0 Å². The van der Waals surface area contributed by atoms with Crippen LogP contribution in [0.15, 0.2) is 23.7 Å². The molecule has 0 aromatic carbocycles. The number of rotatable bonds is 5. The third kappa shape index (κ3) is 2.90. The summed E-state index contributed by atoms with van der Waals surface area (Å²) in [7, 11) is 0. The van der Waals surface area contributed by atoms with E-state index in [9.17, 15) is 0 Å². The number of nitrogens with one attached hydrogen (secondary N) is 1. The Labute approximate surface area is 112 Å². The van der Waals surface area contributed by atoms with Gasteiger partial charge in [0.15, 0.2) is 0 Å². The average Bonchev–Trinajstić information content (AvgIpc) is 2.85. The van der Waals surface area contributed by atoms with Crippen LogP contribution in [-0.4, -0.2) is 11.0 Å². The van der Waals surface area contributed by atoms with E-state index < -0.39 is 0 Å². The summed E-state index contributed by atoms with van der Waals surface area (Å²) >= 11 is 1.72. The molecular weight excluding hydrogens is 240 g/mol. The number of hydrogen-bond acceptors (Lipinski definition) is 3. The lowest BCUT2D eigenvalue weighted by molar-refractivity contribution is 0.494. The van der Waals surface area contributed by atoms with Crippen molar-refractivity contribution in [1.82, 2.24) is 10.3 Å². The first-order valence-corrected chi connectivity index (χ1v) is 7.18. The van der Waals surface area contributed by atoms with Crippen molar-refractivity contribution in [2.75, 3.05) is 0 Å². The summed E-state index contributed by atoms with van der Waals surface area (Å²) in [6, 6.07) is 4.62. The molecule has 0 saturated carbocycles. The topological polar surface area (TPSA) is 24.9 Å². The van der Waals surface area contributed by atoms with Crippen molar-refractivity contribution in [2.45, 2.75) is 38.8 Å². The molecule has 0 aliphatic heterocycles. The van der Waals surface area contributed by atoms with Gasteiger partial charge >= 0.3 is 0 Å². The van der Waals surface area contributed by atoms with E-state index in [0.29, 0.717) is 0 Å². The number of fused-ring (bicyclic) bond motifs is 1. The molecule has 94 valence electrons. The predicted molar refractivity (Wildman–Crippen MR) is 78.7 cm³/mol. The van der Waals surface area contributed by atoms with Crippen molar-refractivity contribution in [3.63, 3.8) is 0 Å². The highest BCUT2D eigenvalue weighted by atomic mass is 32.1. The number of thiophene rings is 1. The molecule has 0 amide bonds. The highest BCUT2D eigenvalue weighted by Crippen LogP contribution is 2.22. The van der Waals surface area contributed by atoms with Gasteiger partial charge in [-0.05, 0) is 36.4 Å². The van der Waals surface area contributed by atoms with Gasteiger partial charge in [-0.2, -0.15) is 0 Å². The zero-order valence-electron chi connectivity index (χ0n) is 10.8. The molecule has 0 saturated heterocycles. The van der Waals surface area contributed by atoms with E-state index in [1.807, 2.05) is 12.3 Å². The summed E-state index contributed by atoms with van der Waals surface area (Å²) in [5.74, 6) is 2.81. The van der Waals surface area contributed by atoms with Gasteiger partial charge in [0.2, 0.25) is 0 Å². The molecule has 0 aliphatic carbocycles. The van der Waals surface area contributed by atoms with Crippen LogP contribution in [0.3, 0.4) is 0 Å². The second kappa shape index (κ2) is 5.99. The molecule has 0 radical (unpaired) electrons. The molecule has 0 spiro atoms. The van der Waals surface area contributed by atoms with Gasteiger partial charge in [0.25, 0.3) is 0 Å². The Kier molecular flexibility index (Phi) is 4.35. The van der Waals surface area contributed by atoms with Gasteiger partial charge in [0.1, 0.15) is 0 Å². The number of nitrogens with zero attached hydrogens (tertiary/aromatic N) is 1. The van der Waals surface area contributed by atoms with Crippen molar-refractivity contribution in [3.8, 4) is 12.3 Å². The number of terminal acetylenes is 1. The zero-order chi connectivity index (χ0) is 13.0. The fourth-order valence-electron chi connectivity index (χ4n) is 2.00. The molecule has 2 unspecified atom stereocenters. The van der Waals surface area contributed by atoms with Crippen molar-refractivity contribution >= 4 is 21.6 Å². The van der Waals surface area contributed by atoms with Crippen molar-refractivity contribution in [1.29, 1.82) is 0 Å². The van der Waals surface area contributed by atoms with E-state index in [1.165, 1.54) is 10.3 Å². The first-order chi connectivity index (χ1) is 8.74. The van der Waals surface area contributed by atoms with Gasteiger partial charge in [0.05, 0.1) is 16.3 Å². The fourth-order valence-corrected chi connectivity index (χ4v) is 2.79. The lowest BCUT2D eigenvalue weighted by Gasteiger charge is -2.19. The van der Waals surface area contributed by atoms with Gasteiger partial charge in [-0.25, -0.2) is 0 Å². The second-order valence-electron chi connectivity index (χ2n) is 4.47. The van der Waals surface area contributed by atoms with Crippen molar-refractivity contribution < 1.29 is 0 Å². The summed E-state index contributed by atoms with van der Waals surface area (Å²) in [6.07, 6.45) is 9.57. The summed E-state index contributed by atoms with van der Waals surface area (Å²) in [4.78, 5) is 4.46. The van der Waals surface area contributed by atoms with Crippen LogP contribution in [0.25, 0.3) is 10.2 Å². The molecule has 2 atom stereocenters. The van der Waals surface area contributed by atoms with E-state index in [4.69, 9.17) is 6.42 Å². The van der Waals surface area contributed by atoms with Gasteiger partial charge in [0, 0.05) is 12.2 Å². The quantitative estimate of drug-likeness (QED) is 0.826. The molecule has 2 nitrogen and oxygen atoms in total. The van der Waals surface area contributed by atoms with E-state index in [0.717, 1.165) is 18.4 Å². The summed E-state index contributed by atoms with van der Waals surface area (Å²) < 4.78 is 1.23. The second-order valence-corrected chi connectivity index (χ2v) is 5.42. The third-order valence-corrected chi connectivity index (χ3v) is 3.91. The van der Waals surface area contributed by atoms with Crippen LogP contribution in [0.2, 0.25) is 0 Å². The lowest BCUT2D eigenvalue weighted by Crippen LogP contribution is -2.30. The van der Waals surface area contributed by atoms with Crippen LogP contribution in [0.1, 0.15) is 38.3 Å². The maximum atomic E-state index is 5.53. The van der Waals surface area contributed by atoms with Crippen LogP contribution < -0.4 is 5.32 Å². The molecule has 2 aromatic rings. The van der Waals surface area contributed by atoms with Crippen LogP contribution in [0.4, 0.5) is 0 Å². The molecule has 0 bridgehead atoms. The monoisotopic (exact) mass is 258 g/mol. The van der Waals surface area contributed by atoms with E-state index in [1.54, 1.807) is 11.3 Å². The molecule has 3 heteroatoms. The number of hydrogen-bond donors (Lipinski definition) is 1. The Balaban J connectivity index is 2.12. The minimum atomic E-state index is 0.143. The highest BCUT2D eigenvalue weighted by molar-refractivity contribution is 7.17. The molecule has 0 fully saturated rings. The van der Waals surface area contributed by atoms with Crippen LogP contribution in [0.5, 0.6) is 0 Å². The van der Waals surface area contributed by atoms with Crippen LogP contribution in [-0.2, 0) is 0 Å². The Morgan fingerprint density at radius 1 is 1.56 bits per heavy atom. The third-order valence-electron chi connectivity index (χ3n) is 3.05. The SMILES string of the molecule is C#CC(CCC)NC(C)c1cnc2ccsc2c1. The molecule has 2 rings (SSSR count). The number of pyridine rings is 1. The molecule has 18 heavy (non-hydrogen) atoms. The first kappa shape index (κ1) is 13.1. The molecule has 0 aliphatic rings. The smallest absolute Gasteiger partial charge is 0.0809 e. The Bertz CT molecular complexity index is 553. The fraction of sp³-hybridized carbons (Fsp3) is 0.400. The maximum Gasteiger partial charge on any atom is 0.0809 e. The highest BCUT2D eigenvalue weighted by Gasteiger charge is 2.11. The van der Waals surface area contributed by atoms with Crippen LogP contribution in [0, 0.1) is 12.3 Å². The van der Waals surface area contributed by atoms with E-state index in [-0.39, 0.29) is 12.1 Å². The summed E-state index contributed by atoms with van der Waals surface area (Å²) in [6.45, 7) is 4.28. The maximum absolute atomic E-state index is 5.53. The van der Waals surface area contributed by atoms with Crippen molar-refractivity contribution in [2.24, 2.45) is 0 Å². The van der Waals surface area contributed by atoms with Gasteiger partial charge in [-0.3, -0.25) is 10.3 Å². The molecular formula is C15H18N2S. The summed E-state index contributed by atoms with van der Waals surface area (Å²) in [5.41, 5.74) is 2.26. The lowest BCUT2D eigenvalue weighted by atomic mass is 10.1. The Hall–Kier alpha value is -1.37. The Morgan fingerprint density at radius 3 is 3.11 bits per heavy atom. The summed E-state index contributed by atoms with van der Waals surface area (Å²) in [5, 5.41) is 5.54. The van der Waals surface area contributed by atoms with Crippen LogP contribution >= 0.6 is 11.3 Å². The normalized spacial score (nSPS) is 14.3. The number of aromatic nitrogens is 1. The van der Waals surface area contributed by atoms with E-state index in [2.05, 4.69) is 41.5 Å². The molecule has 1 N–H and O–H groups in total.